The fraction of sp³-hybridized carbons (Fsp3) is 0.0392. The lowest BCUT2D eigenvalue weighted by molar-refractivity contribution is 0.588. The Hall–Kier alpha value is -6.54. The van der Waals surface area contributed by atoms with Crippen molar-refractivity contribution in [1.29, 1.82) is 0 Å². The summed E-state index contributed by atoms with van der Waals surface area (Å²) in [6, 6.07) is 66.9. The Bertz CT molecular complexity index is 3050. The first kappa shape index (κ1) is 33.1. The Kier molecular flexibility index (Phi) is 7.87. The predicted molar refractivity (Wildman–Crippen MR) is 234 cm³/mol. The standard InChI is InChI=1S/C51H37N2OP/c1-55(2,54)40-30-28-36(29-31-40)47-41-22-12-14-24-43(41)48(44-25-15-13-23-42(44)47)39-27-26-38-33-46(34-16-6-3-7-17-34)53-51(45(38)32-39)49(35-18-8-4-9-19-35)50(52-53)37-20-10-5-11-21-37/h3-33H,1-2H3. The molecule has 8 aromatic carbocycles. The van der Waals surface area contributed by atoms with Crippen molar-refractivity contribution in [1.82, 2.24) is 9.61 Å². The van der Waals surface area contributed by atoms with Gasteiger partial charge in [0.15, 0.2) is 0 Å². The molecule has 0 saturated heterocycles. The van der Waals surface area contributed by atoms with Gasteiger partial charge in [0.05, 0.1) is 11.2 Å². The van der Waals surface area contributed by atoms with Gasteiger partial charge in [0.2, 0.25) is 0 Å². The molecule has 3 nitrogen and oxygen atoms in total. The molecule has 262 valence electrons. The quantitative estimate of drug-likeness (QED) is 0.126. The summed E-state index contributed by atoms with van der Waals surface area (Å²) in [5.41, 5.74) is 12.2. The molecule has 0 unspecified atom stereocenters. The van der Waals surface area contributed by atoms with Gasteiger partial charge in [-0.15, -0.1) is 0 Å². The van der Waals surface area contributed by atoms with Crippen molar-refractivity contribution >= 4 is 50.3 Å². The van der Waals surface area contributed by atoms with Crippen molar-refractivity contribution < 1.29 is 4.57 Å². The second-order valence-corrected chi connectivity index (χ2v) is 17.9. The lowest BCUT2D eigenvalue weighted by atomic mass is 9.85. The molecule has 0 radical (unpaired) electrons. The highest BCUT2D eigenvalue weighted by molar-refractivity contribution is 7.70. The molecule has 0 aliphatic carbocycles. The molecule has 10 aromatic rings. The highest BCUT2D eigenvalue weighted by Gasteiger charge is 2.23. The zero-order valence-electron chi connectivity index (χ0n) is 30.6. The van der Waals surface area contributed by atoms with Crippen molar-refractivity contribution in [3.63, 3.8) is 0 Å². The molecule has 0 N–H and O–H groups in total. The van der Waals surface area contributed by atoms with Crippen LogP contribution in [0.2, 0.25) is 0 Å². The summed E-state index contributed by atoms with van der Waals surface area (Å²) < 4.78 is 15.1. The van der Waals surface area contributed by atoms with Gasteiger partial charge in [-0.1, -0.05) is 176 Å². The topological polar surface area (TPSA) is 34.4 Å². The molecule has 55 heavy (non-hydrogen) atoms. The van der Waals surface area contributed by atoms with Gasteiger partial charge in [0, 0.05) is 27.4 Å². The second kappa shape index (κ2) is 13.1. The molecular formula is C51H37N2OP. The minimum atomic E-state index is -2.38. The number of fused-ring (bicyclic) bond motifs is 5. The van der Waals surface area contributed by atoms with E-state index in [-0.39, 0.29) is 0 Å². The minimum Gasteiger partial charge on any atom is -0.319 e. The van der Waals surface area contributed by atoms with Gasteiger partial charge < -0.3 is 4.57 Å². The van der Waals surface area contributed by atoms with Gasteiger partial charge in [-0.05, 0) is 80.2 Å². The van der Waals surface area contributed by atoms with Gasteiger partial charge in [-0.25, -0.2) is 4.52 Å². The van der Waals surface area contributed by atoms with Crippen LogP contribution in [0.25, 0.3) is 93.7 Å². The molecule has 0 aliphatic heterocycles. The Labute approximate surface area is 320 Å². The highest BCUT2D eigenvalue weighted by Crippen LogP contribution is 2.46. The molecule has 10 rings (SSSR count). The highest BCUT2D eigenvalue weighted by atomic mass is 31.2. The monoisotopic (exact) mass is 724 g/mol. The van der Waals surface area contributed by atoms with Gasteiger partial charge in [-0.2, -0.15) is 5.10 Å². The summed E-state index contributed by atoms with van der Waals surface area (Å²) in [4.78, 5) is 0. The molecule has 0 amide bonds. The number of benzene rings is 8. The number of nitrogens with zero attached hydrogens (tertiary/aromatic N) is 2. The molecule has 2 heterocycles. The third-order valence-corrected chi connectivity index (χ3v) is 12.4. The van der Waals surface area contributed by atoms with Gasteiger partial charge >= 0.3 is 0 Å². The molecule has 0 bridgehead atoms. The third-order valence-electron chi connectivity index (χ3n) is 10.9. The minimum absolute atomic E-state index is 0.893. The lowest BCUT2D eigenvalue weighted by Gasteiger charge is -2.19. The maximum absolute atomic E-state index is 12.9. The van der Waals surface area contributed by atoms with Crippen molar-refractivity contribution in [2.45, 2.75) is 0 Å². The zero-order valence-corrected chi connectivity index (χ0v) is 31.5. The normalized spacial score (nSPS) is 11.9. The third kappa shape index (κ3) is 5.59. The van der Waals surface area contributed by atoms with Crippen LogP contribution in [0, 0.1) is 0 Å². The molecule has 0 spiro atoms. The molecule has 0 aliphatic rings. The van der Waals surface area contributed by atoms with Crippen molar-refractivity contribution in [2.75, 3.05) is 13.3 Å². The summed E-state index contributed by atoms with van der Waals surface area (Å²) in [5, 5.41) is 13.4. The maximum atomic E-state index is 12.9. The second-order valence-electron chi connectivity index (χ2n) is 14.7. The molecule has 4 heteroatoms. The van der Waals surface area contributed by atoms with Crippen LogP contribution in [-0.2, 0) is 4.57 Å². The number of hydrogen-bond acceptors (Lipinski definition) is 2. The van der Waals surface area contributed by atoms with Crippen molar-refractivity contribution in [2.24, 2.45) is 0 Å². The molecular weight excluding hydrogens is 688 g/mol. The number of hydrogen-bond donors (Lipinski definition) is 0. The smallest absolute Gasteiger partial charge is 0.109 e. The van der Waals surface area contributed by atoms with E-state index in [9.17, 15) is 4.57 Å². The van der Waals surface area contributed by atoms with Crippen LogP contribution in [0.5, 0.6) is 0 Å². The van der Waals surface area contributed by atoms with Gasteiger partial charge in [0.25, 0.3) is 0 Å². The van der Waals surface area contributed by atoms with Crippen LogP contribution in [0.3, 0.4) is 0 Å². The van der Waals surface area contributed by atoms with E-state index in [0.717, 1.165) is 66.4 Å². The molecule has 0 fully saturated rings. The van der Waals surface area contributed by atoms with Gasteiger partial charge in [-0.3, -0.25) is 0 Å². The first-order chi connectivity index (χ1) is 26.9. The SMILES string of the molecule is CP(C)(=O)c1ccc(-c2c3ccccc3c(-c3ccc4cc(-c5ccccc5)n5nc(-c6ccccc6)c(-c6ccccc6)c5c4c3)c3ccccc23)cc1. The van der Waals surface area contributed by atoms with Crippen molar-refractivity contribution in [3.8, 4) is 55.9 Å². The van der Waals surface area contributed by atoms with E-state index in [4.69, 9.17) is 5.10 Å². The summed E-state index contributed by atoms with van der Waals surface area (Å²) >= 11 is 0. The maximum Gasteiger partial charge on any atom is 0.109 e. The fourth-order valence-corrected chi connectivity index (χ4v) is 9.19. The number of aromatic nitrogens is 2. The Morgan fingerprint density at radius 3 is 1.42 bits per heavy atom. The van der Waals surface area contributed by atoms with E-state index in [2.05, 4.69) is 180 Å². The molecule has 2 aromatic heterocycles. The van der Waals surface area contributed by atoms with Crippen LogP contribution < -0.4 is 5.30 Å². The summed E-state index contributed by atoms with van der Waals surface area (Å²) in [6.07, 6.45) is 0. The van der Waals surface area contributed by atoms with E-state index in [1.807, 2.05) is 25.5 Å². The van der Waals surface area contributed by atoms with Crippen LogP contribution in [0.4, 0.5) is 0 Å². The molecule has 0 atom stereocenters. The Morgan fingerprint density at radius 2 is 0.873 bits per heavy atom. The summed E-state index contributed by atoms with van der Waals surface area (Å²) in [5.74, 6) is 0. The first-order valence-corrected chi connectivity index (χ1v) is 21.3. The van der Waals surface area contributed by atoms with E-state index in [1.165, 1.54) is 32.7 Å². The van der Waals surface area contributed by atoms with E-state index in [1.54, 1.807) is 0 Å². The molecule has 0 saturated carbocycles. The Balaban J connectivity index is 1.30. The van der Waals surface area contributed by atoms with Gasteiger partial charge in [0.1, 0.15) is 12.8 Å². The number of rotatable bonds is 6. The van der Waals surface area contributed by atoms with E-state index in [0.29, 0.717) is 0 Å². The van der Waals surface area contributed by atoms with Crippen LogP contribution >= 0.6 is 7.14 Å². The first-order valence-electron chi connectivity index (χ1n) is 18.7. The van der Waals surface area contributed by atoms with E-state index >= 15 is 0 Å². The van der Waals surface area contributed by atoms with Crippen LogP contribution in [0.15, 0.2) is 188 Å². The fourth-order valence-electron chi connectivity index (χ4n) is 8.32. The number of pyridine rings is 1. The summed E-state index contributed by atoms with van der Waals surface area (Å²) in [6.45, 7) is 3.66. The average molecular weight is 725 g/mol. The Morgan fingerprint density at radius 1 is 0.418 bits per heavy atom. The largest absolute Gasteiger partial charge is 0.319 e. The van der Waals surface area contributed by atoms with E-state index < -0.39 is 7.14 Å². The van der Waals surface area contributed by atoms with Crippen LogP contribution in [-0.4, -0.2) is 22.9 Å². The average Bonchev–Trinajstić information content (AvgIpc) is 3.64. The van der Waals surface area contributed by atoms with Crippen LogP contribution in [0.1, 0.15) is 0 Å². The lowest BCUT2D eigenvalue weighted by Crippen LogP contribution is -2.01. The zero-order chi connectivity index (χ0) is 37.1. The van der Waals surface area contributed by atoms with Crippen molar-refractivity contribution in [3.05, 3.63) is 188 Å². The summed E-state index contributed by atoms with van der Waals surface area (Å²) in [7, 11) is -2.38. The predicted octanol–water partition coefficient (Wildman–Crippen LogP) is 13.4.